The van der Waals surface area contributed by atoms with Gasteiger partial charge in [0.15, 0.2) is 0 Å². The Balaban J connectivity index is 2.08. The molecule has 1 aromatic rings. The van der Waals surface area contributed by atoms with Crippen molar-refractivity contribution in [1.82, 2.24) is 4.98 Å². The van der Waals surface area contributed by atoms with E-state index >= 15 is 0 Å². The first kappa shape index (κ1) is 11.7. The van der Waals surface area contributed by atoms with Crippen LogP contribution >= 0.6 is 0 Å². The zero-order valence-electron chi connectivity index (χ0n) is 10.1. The molecule has 1 saturated carbocycles. The van der Waals surface area contributed by atoms with Gasteiger partial charge in [0.1, 0.15) is 5.82 Å². The summed E-state index contributed by atoms with van der Waals surface area (Å²) in [6.45, 7) is 3.07. The molecule has 17 heavy (non-hydrogen) atoms. The zero-order valence-corrected chi connectivity index (χ0v) is 10.1. The Kier molecular flexibility index (Phi) is 3.17. The maximum absolute atomic E-state index is 11.4. The van der Waals surface area contributed by atoms with Gasteiger partial charge >= 0.3 is 5.97 Å². The first-order valence-corrected chi connectivity index (χ1v) is 5.70. The van der Waals surface area contributed by atoms with Crippen molar-refractivity contribution in [3.05, 3.63) is 17.8 Å². The number of nitrogens with two attached hydrogens (primary N) is 1. The molecular weight excluding hydrogens is 218 g/mol. The van der Waals surface area contributed by atoms with Crippen LogP contribution in [0.4, 0.5) is 11.5 Å². The van der Waals surface area contributed by atoms with Crippen LogP contribution in [0.3, 0.4) is 0 Å². The van der Waals surface area contributed by atoms with Gasteiger partial charge in [-0.25, -0.2) is 9.78 Å². The molecule has 5 nitrogen and oxygen atoms in total. The van der Waals surface area contributed by atoms with Crippen LogP contribution in [0.2, 0.25) is 0 Å². The lowest BCUT2D eigenvalue weighted by molar-refractivity contribution is 0.0602. The van der Waals surface area contributed by atoms with Gasteiger partial charge in [-0.1, -0.05) is 6.92 Å². The monoisotopic (exact) mass is 235 g/mol. The molecule has 0 spiro atoms. The van der Waals surface area contributed by atoms with E-state index in [4.69, 9.17) is 5.73 Å². The third kappa shape index (κ3) is 2.49. The maximum Gasteiger partial charge on any atom is 0.340 e. The van der Waals surface area contributed by atoms with Crippen molar-refractivity contribution in [2.45, 2.75) is 13.3 Å². The largest absolute Gasteiger partial charge is 0.465 e. The topological polar surface area (TPSA) is 77.2 Å². The van der Waals surface area contributed by atoms with E-state index in [2.05, 4.69) is 22.0 Å². The normalized spacial score (nSPS) is 22.0. The number of ether oxygens (including phenoxy) is 1. The first-order valence-electron chi connectivity index (χ1n) is 5.70. The van der Waals surface area contributed by atoms with Gasteiger partial charge < -0.3 is 15.8 Å². The Morgan fingerprint density at radius 3 is 3.00 bits per heavy atom. The number of carbonyl (C=O) groups excluding carboxylic acids is 1. The van der Waals surface area contributed by atoms with Crippen molar-refractivity contribution in [1.29, 1.82) is 0 Å². The summed E-state index contributed by atoms with van der Waals surface area (Å²) in [6.07, 6.45) is 2.80. The van der Waals surface area contributed by atoms with Crippen molar-refractivity contribution >= 4 is 17.5 Å². The lowest BCUT2D eigenvalue weighted by Gasteiger charge is -2.10. The highest BCUT2D eigenvalue weighted by atomic mass is 16.5. The fraction of sp³-hybridized carbons (Fsp3) is 0.500. The van der Waals surface area contributed by atoms with Gasteiger partial charge in [0.05, 0.1) is 18.4 Å². The molecule has 1 fully saturated rings. The minimum atomic E-state index is -0.437. The smallest absolute Gasteiger partial charge is 0.340 e. The molecule has 0 radical (unpaired) electrons. The number of esters is 1. The Hall–Kier alpha value is -1.78. The summed E-state index contributed by atoms with van der Waals surface area (Å²) in [5, 5.41) is 3.18. The minimum Gasteiger partial charge on any atom is -0.465 e. The second-order valence-electron chi connectivity index (χ2n) is 4.47. The second-order valence-corrected chi connectivity index (χ2v) is 4.47. The number of hydrogen-bond acceptors (Lipinski definition) is 5. The zero-order chi connectivity index (χ0) is 12.4. The van der Waals surface area contributed by atoms with Crippen LogP contribution in [-0.2, 0) is 4.74 Å². The molecule has 2 atom stereocenters. The summed E-state index contributed by atoms with van der Waals surface area (Å²) < 4.78 is 4.65. The molecule has 0 aliphatic heterocycles. The maximum atomic E-state index is 11.4. The Morgan fingerprint density at radius 1 is 1.71 bits per heavy atom. The molecule has 0 saturated heterocycles. The van der Waals surface area contributed by atoms with Crippen LogP contribution in [0.5, 0.6) is 0 Å². The molecule has 2 rings (SSSR count). The van der Waals surface area contributed by atoms with Crippen molar-refractivity contribution in [3.63, 3.8) is 0 Å². The number of methoxy groups -OCH3 is 1. The number of carbonyl (C=O) groups is 1. The van der Waals surface area contributed by atoms with Gasteiger partial charge in [0.2, 0.25) is 0 Å². The van der Waals surface area contributed by atoms with Gasteiger partial charge in [-0.15, -0.1) is 0 Å². The van der Waals surface area contributed by atoms with Gasteiger partial charge in [-0.3, -0.25) is 0 Å². The number of pyridine rings is 1. The summed E-state index contributed by atoms with van der Waals surface area (Å²) >= 11 is 0. The second kappa shape index (κ2) is 4.61. The average molecular weight is 235 g/mol. The van der Waals surface area contributed by atoms with Crippen molar-refractivity contribution in [2.75, 3.05) is 24.7 Å². The molecule has 3 N–H and O–H groups in total. The highest BCUT2D eigenvalue weighted by Gasteiger charge is 2.32. The minimum absolute atomic E-state index is 0.354. The van der Waals surface area contributed by atoms with Gasteiger partial charge in [0.25, 0.3) is 0 Å². The molecule has 1 aliphatic carbocycles. The van der Waals surface area contributed by atoms with Crippen LogP contribution in [0.25, 0.3) is 0 Å². The summed E-state index contributed by atoms with van der Waals surface area (Å²) in [4.78, 5) is 15.6. The third-order valence-electron chi connectivity index (χ3n) is 3.20. The van der Waals surface area contributed by atoms with E-state index < -0.39 is 5.97 Å². The first-order chi connectivity index (χ1) is 8.13. The quantitative estimate of drug-likeness (QED) is 0.774. The SMILES string of the molecule is COC(=O)c1ccnc(NCC2CC2C)c1N. The summed E-state index contributed by atoms with van der Waals surface area (Å²) in [6, 6.07) is 1.56. The van der Waals surface area contributed by atoms with Gasteiger partial charge in [-0.2, -0.15) is 0 Å². The molecule has 1 heterocycles. The number of aromatic nitrogens is 1. The molecule has 2 unspecified atom stereocenters. The van der Waals surface area contributed by atoms with Gasteiger partial charge in [-0.05, 0) is 24.3 Å². The summed E-state index contributed by atoms with van der Waals surface area (Å²) in [7, 11) is 1.33. The van der Waals surface area contributed by atoms with Gasteiger partial charge in [0, 0.05) is 12.7 Å². The number of nitrogen functional groups attached to an aromatic ring is 1. The predicted octanol–water partition coefficient (Wildman–Crippen LogP) is 1.52. The molecule has 0 amide bonds. The number of hydrogen-bond donors (Lipinski definition) is 2. The van der Waals surface area contributed by atoms with Crippen molar-refractivity contribution in [3.8, 4) is 0 Å². The van der Waals surface area contributed by atoms with Crippen LogP contribution in [0.15, 0.2) is 12.3 Å². The fourth-order valence-electron chi connectivity index (χ4n) is 1.81. The lowest BCUT2D eigenvalue weighted by atomic mass is 10.2. The number of rotatable bonds is 4. The lowest BCUT2D eigenvalue weighted by Crippen LogP contribution is -2.12. The van der Waals surface area contributed by atoms with Crippen molar-refractivity contribution < 1.29 is 9.53 Å². The van der Waals surface area contributed by atoms with E-state index in [-0.39, 0.29) is 0 Å². The van der Waals surface area contributed by atoms with E-state index in [1.165, 1.54) is 13.5 Å². The highest BCUT2D eigenvalue weighted by Crippen LogP contribution is 2.37. The van der Waals surface area contributed by atoms with Crippen LogP contribution in [-0.4, -0.2) is 24.6 Å². The summed E-state index contributed by atoms with van der Waals surface area (Å²) in [5.74, 6) is 1.59. The van der Waals surface area contributed by atoms with Crippen LogP contribution in [0.1, 0.15) is 23.7 Å². The number of nitrogens with zero attached hydrogens (tertiary/aromatic N) is 1. The molecule has 1 aliphatic rings. The predicted molar refractivity (Wildman–Crippen MR) is 65.7 cm³/mol. The van der Waals surface area contributed by atoms with Crippen LogP contribution < -0.4 is 11.1 Å². The Labute approximate surface area is 100 Å². The van der Waals surface area contributed by atoms with E-state index in [0.29, 0.717) is 23.0 Å². The molecule has 5 heteroatoms. The number of nitrogens with one attached hydrogen (secondary N) is 1. The Morgan fingerprint density at radius 2 is 2.41 bits per heavy atom. The van der Waals surface area contributed by atoms with Crippen LogP contribution in [0, 0.1) is 11.8 Å². The molecule has 0 aromatic carbocycles. The fourth-order valence-corrected chi connectivity index (χ4v) is 1.81. The molecular formula is C12H17N3O2. The standard InChI is InChI=1S/C12H17N3O2/c1-7-5-8(7)6-15-11-10(13)9(3-4-14-11)12(16)17-2/h3-4,7-8H,5-6,13H2,1-2H3,(H,14,15). The molecule has 92 valence electrons. The average Bonchev–Trinajstić information content (AvgIpc) is 3.03. The van der Waals surface area contributed by atoms with E-state index in [9.17, 15) is 4.79 Å². The van der Waals surface area contributed by atoms with Crippen molar-refractivity contribution in [2.24, 2.45) is 11.8 Å². The van der Waals surface area contributed by atoms with E-state index in [1.807, 2.05) is 0 Å². The van der Waals surface area contributed by atoms with E-state index in [1.54, 1.807) is 12.3 Å². The number of anilines is 2. The molecule has 0 bridgehead atoms. The van der Waals surface area contributed by atoms with E-state index in [0.717, 1.165) is 12.5 Å². The summed E-state index contributed by atoms with van der Waals surface area (Å²) in [5.41, 5.74) is 6.58. The third-order valence-corrected chi connectivity index (χ3v) is 3.20. The molecule has 1 aromatic heterocycles. The highest BCUT2D eigenvalue weighted by molar-refractivity contribution is 5.97. The Bertz CT molecular complexity index is 434.